The summed E-state index contributed by atoms with van der Waals surface area (Å²) < 4.78 is 25.7. The predicted molar refractivity (Wildman–Crippen MR) is 72.5 cm³/mol. The lowest BCUT2D eigenvalue weighted by molar-refractivity contribution is -0.384. The molecule has 0 amide bonds. The van der Waals surface area contributed by atoms with Crippen LogP contribution in [0.4, 0.5) is 5.69 Å². The van der Waals surface area contributed by atoms with Crippen molar-refractivity contribution in [2.75, 3.05) is 13.1 Å². The van der Waals surface area contributed by atoms with Gasteiger partial charge < -0.3 is 5.11 Å². The molecule has 1 fully saturated rings. The van der Waals surface area contributed by atoms with Crippen molar-refractivity contribution < 1.29 is 18.4 Å². The number of sulfonamides is 1. The number of rotatable bonds is 3. The molecule has 1 heterocycles. The maximum atomic E-state index is 12.4. The van der Waals surface area contributed by atoms with E-state index in [0.29, 0.717) is 6.42 Å². The van der Waals surface area contributed by atoms with E-state index in [-0.39, 0.29) is 23.0 Å². The highest BCUT2D eigenvalue weighted by atomic mass is 35.5. The molecule has 0 bridgehead atoms. The SMILES string of the molecule is O=[N+]([O-])c1c(Cl)ccc(S(=O)(=O)N2CC[C@H](O)C2)c1Cl. The molecular formula is C10H10Cl2N2O5S. The molecule has 0 aromatic heterocycles. The summed E-state index contributed by atoms with van der Waals surface area (Å²) in [6.45, 7) is 0.0747. The van der Waals surface area contributed by atoms with Gasteiger partial charge in [0.1, 0.15) is 14.9 Å². The molecule has 2 rings (SSSR count). The molecule has 0 radical (unpaired) electrons. The van der Waals surface area contributed by atoms with Gasteiger partial charge in [0, 0.05) is 13.1 Å². The highest BCUT2D eigenvalue weighted by Gasteiger charge is 2.35. The van der Waals surface area contributed by atoms with Gasteiger partial charge in [0.2, 0.25) is 10.0 Å². The van der Waals surface area contributed by atoms with Crippen LogP contribution in [0, 0.1) is 10.1 Å². The van der Waals surface area contributed by atoms with Crippen molar-refractivity contribution >= 4 is 38.9 Å². The standard InChI is InChI=1S/C10H10Cl2N2O5S/c11-7-1-2-8(9(12)10(7)14(16)17)20(18,19)13-4-3-6(15)5-13/h1-2,6,15H,3-5H2/t6-/m0/s1. The van der Waals surface area contributed by atoms with Gasteiger partial charge in [-0.3, -0.25) is 10.1 Å². The van der Waals surface area contributed by atoms with E-state index in [0.717, 1.165) is 16.4 Å². The zero-order chi connectivity index (χ0) is 15.1. The lowest BCUT2D eigenvalue weighted by atomic mass is 10.3. The van der Waals surface area contributed by atoms with Gasteiger partial charge in [-0.2, -0.15) is 4.31 Å². The first-order valence-corrected chi connectivity index (χ1v) is 7.75. The van der Waals surface area contributed by atoms with Gasteiger partial charge in [-0.25, -0.2) is 8.42 Å². The number of aliphatic hydroxyl groups is 1. The number of nitro groups is 1. The van der Waals surface area contributed by atoms with Crippen molar-refractivity contribution in [3.8, 4) is 0 Å². The van der Waals surface area contributed by atoms with E-state index in [4.69, 9.17) is 23.2 Å². The fourth-order valence-electron chi connectivity index (χ4n) is 1.96. The van der Waals surface area contributed by atoms with Crippen LogP contribution in [0.2, 0.25) is 10.0 Å². The van der Waals surface area contributed by atoms with Crippen molar-refractivity contribution in [2.45, 2.75) is 17.4 Å². The number of halogens is 2. The lowest BCUT2D eigenvalue weighted by Gasteiger charge is -2.16. The van der Waals surface area contributed by atoms with Crippen LogP contribution in [0.15, 0.2) is 17.0 Å². The minimum Gasteiger partial charge on any atom is -0.392 e. The smallest absolute Gasteiger partial charge is 0.307 e. The Kier molecular flexibility index (Phi) is 4.22. The topological polar surface area (TPSA) is 101 Å². The molecule has 110 valence electrons. The highest BCUT2D eigenvalue weighted by Crippen LogP contribution is 2.38. The van der Waals surface area contributed by atoms with Crippen molar-refractivity contribution in [1.29, 1.82) is 0 Å². The van der Waals surface area contributed by atoms with Crippen molar-refractivity contribution in [1.82, 2.24) is 4.31 Å². The average molecular weight is 341 g/mol. The zero-order valence-corrected chi connectivity index (χ0v) is 12.3. The molecule has 1 aliphatic heterocycles. The second-order valence-electron chi connectivity index (χ2n) is 4.27. The number of nitro benzene ring substituents is 1. The number of benzene rings is 1. The van der Waals surface area contributed by atoms with E-state index < -0.39 is 31.8 Å². The number of aliphatic hydroxyl groups excluding tert-OH is 1. The fourth-order valence-corrected chi connectivity index (χ4v) is 4.31. The minimum atomic E-state index is -4.00. The molecule has 0 saturated carbocycles. The van der Waals surface area contributed by atoms with E-state index >= 15 is 0 Å². The van der Waals surface area contributed by atoms with Crippen LogP contribution in [0.5, 0.6) is 0 Å². The van der Waals surface area contributed by atoms with Crippen molar-refractivity contribution in [3.05, 3.63) is 32.3 Å². The molecule has 0 aliphatic carbocycles. The predicted octanol–water partition coefficient (Wildman–Crippen LogP) is 1.66. The van der Waals surface area contributed by atoms with Crippen molar-refractivity contribution in [2.24, 2.45) is 0 Å². The van der Waals surface area contributed by atoms with E-state index in [1.54, 1.807) is 0 Å². The average Bonchev–Trinajstić information content (AvgIpc) is 2.75. The molecule has 10 heteroatoms. The summed E-state index contributed by atoms with van der Waals surface area (Å²) in [6, 6.07) is 2.24. The Morgan fingerprint density at radius 3 is 2.55 bits per heavy atom. The van der Waals surface area contributed by atoms with Crippen LogP contribution in [-0.2, 0) is 10.0 Å². The van der Waals surface area contributed by atoms with E-state index in [2.05, 4.69) is 0 Å². The highest BCUT2D eigenvalue weighted by molar-refractivity contribution is 7.89. The summed E-state index contributed by atoms with van der Waals surface area (Å²) in [7, 11) is -4.00. The van der Waals surface area contributed by atoms with Crippen LogP contribution < -0.4 is 0 Å². The Labute approximate surface area is 124 Å². The summed E-state index contributed by atoms with van der Waals surface area (Å²) >= 11 is 11.5. The third-order valence-corrected chi connectivity index (χ3v) is 5.67. The second kappa shape index (κ2) is 5.45. The summed E-state index contributed by atoms with van der Waals surface area (Å²) in [6.07, 6.45) is -0.433. The number of hydrogen-bond acceptors (Lipinski definition) is 5. The van der Waals surface area contributed by atoms with Crippen LogP contribution >= 0.6 is 23.2 Å². The molecule has 20 heavy (non-hydrogen) atoms. The van der Waals surface area contributed by atoms with Gasteiger partial charge in [-0.15, -0.1) is 0 Å². The maximum Gasteiger partial charge on any atom is 0.307 e. The maximum absolute atomic E-state index is 12.4. The number of β-amino-alcohol motifs (C(OH)–C–C–N with tert-alkyl or cyclic N) is 1. The van der Waals surface area contributed by atoms with Crippen LogP contribution in [0.25, 0.3) is 0 Å². The zero-order valence-electron chi connectivity index (χ0n) is 9.99. The molecule has 1 saturated heterocycles. The van der Waals surface area contributed by atoms with Crippen LogP contribution in [-0.4, -0.2) is 41.9 Å². The van der Waals surface area contributed by atoms with Gasteiger partial charge >= 0.3 is 5.69 Å². The van der Waals surface area contributed by atoms with Crippen LogP contribution in [0.1, 0.15) is 6.42 Å². The van der Waals surface area contributed by atoms with Crippen LogP contribution in [0.3, 0.4) is 0 Å². The summed E-state index contributed by atoms with van der Waals surface area (Å²) in [5.74, 6) is 0. The van der Waals surface area contributed by atoms with Gasteiger partial charge in [0.05, 0.1) is 11.0 Å². The lowest BCUT2D eigenvalue weighted by Crippen LogP contribution is -2.30. The Balaban J connectivity index is 2.53. The molecule has 1 atom stereocenters. The quantitative estimate of drug-likeness (QED) is 0.666. The number of nitrogens with zero attached hydrogens (tertiary/aromatic N) is 2. The number of hydrogen-bond donors (Lipinski definition) is 1. The Bertz CT molecular complexity index is 664. The van der Waals surface area contributed by atoms with Gasteiger partial charge in [0.15, 0.2) is 0 Å². The Morgan fingerprint density at radius 2 is 2.05 bits per heavy atom. The fraction of sp³-hybridized carbons (Fsp3) is 0.400. The molecule has 7 nitrogen and oxygen atoms in total. The van der Waals surface area contributed by atoms with Gasteiger partial charge in [-0.05, 0) is 18.6 Å². The normalized spacial score (nSPS) is 20.2. The summed E-state index contributed by atoms with van der Waals surface area (Å²) in [5, 5.41) is 19.5. The second-order valence-corrected chi connectivity index (χ2v) is 6.96. The molecule has 0 unspecified atom stereocenters. The van der Waals surface area contributed by atoms with E-state index in [1.165, 1.54) is 0 Å². The van der Waals surface area contributed by atoms with Gasteiger partial charge in [-0.1, -0.05) is 23.2 Å². The molecule has 1 aromatic rings. The first-order chi connectivity index (χ1) is 9.25. The Morgan fingerprint density at radius 1 is 1.40 bits per heavy atom. The van der Waals surface area contributed by atoms with Crippen molar-refractivity contribution in [3.63, 3.8) is 0 Å². The third-order valence-electron chi connectivity index (χ3n) is 2.96. The molecule has 1 N–H and O–H groups in total. The molecular weight excluding hydrogens is 331 g/mol. The monoisotopic (exact) mass is 340 g/mol. The largest absolute Gasteiger partial charge is 0.392 e. The molecule has 1 aromatic carbocycles. The molecule has 0 spiro atoms. The first kappa shape index (κ1) is 15.5. The third kappa shape index (κ3) is 2.61. The van der Waals surface area contributed by atoms with Gasteiger partial charge in [0.25, 0.3) is 0 Å². The Hall–Kier alpha value is -0.930. The summed E-state index contributed by atoms with van der Waals surface area (Å²) in [5.41, 5.74) is -0.644. The molecule has 1 aliphatic rings. The van der Waals surface area contributed by atoms with E-state index in [9.17, 15) is 23.6 Å². The van der Waals surface area contributed by atoms with E-state index in [1.807, 2.05) is 0 Å². The minimum absolute atomic E-state index is 0.0604. The summed E-state index contributed by atoms with van der Waals surface area (Å²) in [4.78, 5) is 9.67. The first-order valence-electron chi connectivity index (χ1n) is 5.55.